The third-order valence-electron chi connectivity index (χ3n) is 2.98. The largest absolute Gasteiger partial charge is 0.294 e. The van der Waals surface area contributed by atoms with E-state index in [9.17, 15) is 0 Å². The van der Waals surface area contributed by atoms with Crippen LogP contribution < -0.4 is 0 Å². The molecule has 0 aliphatic rings. The Morgan fingerprint density at radius 1 is 1.15 bits per heavy atom. The summed E-state index contributed by atoms with van der Waals surface area (Å²) in [7, 11) is 0. The normalized spacial score (nSPS) is 11.2. The first-order valence-electron chi connectivity index (χ1n) is 5.79. The van der Waals surface area contributed by atoms with Crippen LogP contribution in [0.1, 0.15) is 5.82 Å². The van der Waals surface area contributed by atoms with Gasteiger partial charge in [-0.15, -0.1) is 11.6 Å². The zero-order valence-electron chi connectivity index (χ0n) is 10.1. The molecule has 0 N–H and O–H groups in total. The van der Waals surface area contributed by atoms with E-state index in [2.05, 4.69) is 36.8 Å². The lowest BCUT2D eigenvalue weighted by atomic mass is 10.3. The number of halogens is 4. The Hall–Kier alpha value is -0.550. The van der Waals surface area contributed by atoms with Gasteiger partial charge in [0.05, 0.1) is 32.1 Å². The monoisotopic (exact) mass is 432 g/mol. The number of nitrogens with zero attached hydrogens (tertiary/aromatic N) is 2. The fraction of sp³-hybridized carbons (Fsp3) is 0.0714. The molecular weight excluding hydrogens is 427 g/mol. The van der Waals surface area contributed by atoms with Gasteiger partial charge in [-0.1, -0.05) is 33.6 Å². The van der Waals surface area contributed by atoms with Crippen LogP contribution in [0, 0.1) is 0 Å². The number of imidazole rings is 1. The minimum absolute atomic E-state index is 0.325. The summed E-state index contributed by atoms with van der Waals surface area (Å²) in [5.74, 6) is 1.10. The Kier molecular flexibility index (Phi) is 4.09. The summed E-state index contributed by atoms with van der Waals surface area (Å²) >= 11 is 19.2. The molecule has 0 fully saturated rings. The Balaban J connectivity index is 2.37. The van der Waals surface area contributed by atoms with Gasteiger partial charge in [-0.3, -0.25) is 4.57 Å². The Morgan fingerprint density at radius 3 is 2.70 bits per heavy atom. The van der Waals surface area contributed by atoms with Gasteiger partial charge in [-0.05, 0) is 46.3 Å². The third kappa shape index (κ3) is 2.39. The average molecular weight is 435 g/mol. The molecule has 6 heteroatoms. The van der Waals surface area contributed by atoms with E-state index in [0.29, 0.717) is 10.9 Å². The lowest BCUT2D eigenvalue weighted by molar-refractivity contribution is 0.977. The summed E-state index contributed by atoms with van der Waals surface area (Å²) in [6.45, 7) is 0. The summed E-state index contributed by atoms with van der Waals surface area (Å²) in [4.78, 5) is 4.58. The zero-order valence-corrected chi connectivity index (χ0v) is 14.8. The van der Waals surface area contributed by atoms with Crippen LogP contribution in [0.2, 0.25) is 5.02 Å². The molecule has 0 radical (unpaired) electrons. The standard InChI is InChI=1S/C14H8Br2Cl2N2/c15-8-4-5-11-10(6-8)19-13(7-17)20(11)12-3-1-2-9(18)14(12)16/h1-6H,7H2. The lowest BCUT2D eigenvalue weighted by Gasteiger charge is -2.11. The topological polar surface area (TPSA) is 17.8 Å². The Labute approximate surface area is 143 Å². The first kappa shape index (κ1) is 14.4. The van der Waals surface area contributed by atoms with E-state index in [1.165, 1.54) is 0 Å². The molecule has 102 valence electrons. The van der Waals surface area contributed by atoms with Crippen LogP contribution in [0.3, 0.4) is 0 Å². The van der Waals surface area contributed by atoms with Crippen molar-refractivity contribution < 1.29 is 0 Å². The minimum Gasteiger partial charge on any atom is -0.294 e. The first-order chi connectivity index (χ1) is 9.61. The van der Waals surface area contributed by atoms with Crippen molar-refractivity contribution in [3.05, 3.63) is 56.2 Å². The maximum atomic E-state index is 6.18. The SMILES string of the molecule is ClCc1nc2cc(Br)ccc2n1-c1cccc(Cl)c1Br. The second-order valence-corrected chi connectivity index (χ2v) is 6.59. The summed E-state index contributed by atoms with van der Waals surface area (Å²) in [6.07, 6.45) is 0. The Morgan fingerprint density at radius 2 is 1.95 bits per heavy atom. The lowest BCUT2D eigenvalue weighted by Crippen LogP contribution is -2.00. The van der Waals surface area contributed by atoms with Gasteiger partial charge in [0.25, 0.3) is 0 Å². The van der Waals surface area contributed by atoms with Gasteiger partial charge in [0.15, 0.2) is 0 Å². The number of hydrogen-bond donors (Lipinski definition) is 0. The molecule has 0 amide bonds. The van der Waals surface area contributed by atoms with E-state index in [0.717, 1.165) is 31.5 Å². The first-order valence-corrected chi connectivity index (χ1v) is 8.29. The van der Waals surface area contributed by atoms with Crippen molar-refractivity contribution in [1.29, 1.82) is 0 Å². The molecule has 0 bridgehead atoms. The molecule has 2 nitrogen and oxygen atoms in total. The summed E-state index contributed by atoms with van der Waals surface area (Å²) in [6, 6.07) is 11.7. The smallest absolute Gasteiger partial charge is 0.129 e. The zero-order chi connectivity index (χ0) is 14.3. The van der Waals surface area contributed by atoms with Gasteiger partial charge in [0, 0.05) is 4.47 Å². The molecule has 0 spiro atoms. The van der Waals surface area contributed by atoms with Gasteiger partial charge in [0.2, 0.25) is 0 Å². The predicted octanol–water partition coefficient (Wildman–Crippen LogP) is 5.94. The van der Waals surface area contributed by atoms with Crippen molar-refractivity contribution in [3.8, 4) is 5.69 Å². The molecule has 1 heterocycles. The number of benzene rings is 2. The van der Waals surface area contributed by atoms with Crippen LogP contribution in [-0.2, 0) is 5.88 Å². The van der Waals surface area contributed by atoms with E-state index >= 15 is 0 Å². The van der Waals surface area contributed by atoms with Crippen LogP contribution in [0.15, 0.2) is 45.3 Å². The second-order valence-electron chi connectivity index (χ2n) is 4.20. The van der Waals surface area contributed by atoms with Gasteiger partial charge >= 0.3 is 0 Å². The van der Waals surface area contributed by atoms with Crippen LogP contribution in [-0.4, -0.2) is 9.55 Å². The van der Waals surface area contributed by atoms with E-state index in [4.69, 9.17) is 23.2 Å². The molecule has 0 saturated carbocycles. The van der Waals surface area contributed by atoms with Crippen molar-refractivity contribution >= 4 is 66.1 Å². The molecule has 20 heavy (non-hydrogen) atoms. The van der Waals surface area contributed by atoms with E-state index in [1.807, 2.05) is 41.0 Å². The van der Waals surface area contributed by atoms with Crippen LogP contribution in [0.4, 0.5) is 0 Å². The van der Waals surface area contributed by atoms with Crippen LogP contribution in [0.25, 0.3) is 16.7 Å². The average Bonchev–Trinajstić information content (AvgIpc) is 2.79. The number of aromatic nitrogens is 2. The van der Waals surface area contributed by atoms with Crippen LogP contribution in [0.5, 0.6) is 0 Å². The highest BCUT2D eigenvalue weighted by atomic mass is 79.9. The molecule has 3 aromatic rings. The van der Waals surface area contributed by atoms with E-state index < -0.39 is 0 Å². The molecule has 1 aromatic heterocycles. The van der Waals surface area contributed by atoms with Crippen molar-refractivity contribution in [2.45, 2.75) is 5.88 Å². The second kappa shape index (κ2) is 5.68. The highest BCUT2D eigenvalue weighted by molar-refractivity contribution is 9.11. The molecular formula is C14H8Br2Cl2N2. The summed E-state index contributed by atoms with van der Waals surface area (Å²) in [5.41, 5.74) is 2.81. The third-order valence-corrected chi connectivity index (χ3v) is 5.09. The van der Waals surface area contributed by atoms with E-state index in [1.54, 1.807) is 0 Å². The minimum atomic E-state index is 0.325. The highest BCUT2D eigenvalue weighted by Crippen LogP contribution is 2.33. The van der Waals surface area contributed by atoms with Crippen molar-refractivity contribution in [3.63, 3.8) is 0 Å². The number of fused-ring (bicyclic) bond motifs is 1. The molecule has 0 atom stereocenters. The van der Waals surface area contributed by atoms with Crippen molar-refractivity contribution in [2.24, 2.45) is 0 Å². The Bertz CT molecular complexity index is 799. The fourth-order valence-electron chi connectivity index (χ4n) is 2.13. The van der Waals surface area contributed by atoms with E-state index in [-0.39, 0.29) is 0 Å². The molecule has 0 aliphatic heterocycles. The van der Waals surface area contributed by atoms with Crippen LogP contribution >= 0.6 is 55.1 Å². The molecule has 0 unspecified atom stereocenters. The van der Waals surface area contributed by atoms with Gasteiger partial charge in [0.1, 0.15) is 5.82 Å². The number of alkyl halides is 1. The quantitative estimate of drug-likeness (QED) is 0.456. The molecule has 0 saturated heterocycles. The maximum absolute atomic E-state index is 6.18. The molecule has 0 aliphatic carbocycles. The van der Waals surface area contributed by atoms with Gasteiger partial charge in [-0.2, -0.15) is 0 Å². The number of rotatable bonds is 2. The summed E-state index contributed by atoms with van der Waals surface area (Å²) < 4.78 is 3.83. The molecule has 2 aromatic carbocycles. The molecule has 3 rings (SSSR count). The number of hydrogen-bond acceptors (Lipinski definition) is 1. The van der Waals surface area contributed by atoms with Crippen molar-refractivity contribution in [1.82, 2.24) is 9.55 Å². The highest BCUT2D eigenvalue weighted by Gasteiger charge is 2.15. The van der Waals surface area contributed by atoms with Gasteiger partial charge < -0.3 is 0 Å². The van der Waals surface area contributed by atoms with Crippen molar-refractivity contribution in [2.75, 3.05) is 0 Å². The predicted molar refractivity (Wildman–Crippen MR) is 91.0 cm³/mol. The van der Waals surface area contributed by atoms with Gasteiger partial charge in [-0.25, -0.2) is 4.98 Å². The maximum Gasteiger partial charge on any atom is 0.129 e. The fourth-order valence-corrected chi connectivity index (χ4v) is 3.27. The summed E-state index contributed by atoms with van der Waals surface area (Å²) in [5, 5.41) is 0.655.